The summed E-state index contributed by atoms with van der Waals surface area (Å²) in [6.45, 7) is 0. The van der Waals surface area contributed by atoms with Gasteiger partial charge in [-0.05, 0) is 29.2 Å². The highest BCUT2D eigenvalue weighted by atomic mass is 19.4. The molecule has 1 heterocycles. The largest absolute Gasteiger partial charge is 0.573 e. The predicted molar refractivity (Wildman–Crippen MR) is 56.9 cm³/mol. The maximum Gasteiger partial charge on any atom is 0.573 e. The van der Waals surface area contributed by atoms with Gasteiger partial charge >= 0.3 is 12.3 Å². The first kappa shape index (κ1) is 12.9. The fourth-order valence-electron chi connectivity index (χ4n) is 1.44. The molecule has 0 aliphatic heterocycles. The minimum absolute atomic E-state index is 0.304. The van der Waals surface area contributed by atoms with Crippen LogP contribution in [0.3, 0.4) is 0 Å². The Kier molecular flexibility index (Phi) is 3.11. The lowest BCUT2D eigenvalue weighted by Gasteiger charge is -2.08. The summed E-state index contributed by atoms with van der Waals surface area (Å²) in [5, 5.41) is 10.7. The molecule has 0 bridgehead atoms. The van der Waals surface area contributed by atoms with Crippen molar-refractivity contribution >= 4 is 5.95 Å². The quantitative estimate of drug-likeness (QED) is 0.636. The maximum absolute atomic E-state index is 12.0. The standard InChI is InChI=1S/C10H6F3N3O3/c11-10(12,13)19-8-3-1-7(2-4-8)15-6-5-14-9(15)16(17)18/h1-6H. The molecule has 19 heavy (non-hydrogen) atoms. The number of alkyl halides is 3. The first-order valence-corrected chi connectivity index (χ1v) is 4.91. The van der Waals surface area contributed by atoms with Gasteiger partial charge in [-0.15, -0.1) is 13.2 Å². The average molecular weight is 273 g/mol. The van der Waals surface area contributed by atoms with Crippen LogP contribution >= 0.6 is 0 Å². The molecule has 0 saturated heterocycles. The molecule has 0 unspecified atom stereocenters. The molecule has 0 amide bonds. The molecule has 0 spiro atoms. The van der Waals surface area contributed by atoms with Gasteiger partial charge in [0.25, 0.3) is 0 Å². The summed E-state index contributed by atoms with van der Waals surface area (Å²) in [4.78, 5) is 13.5. The Morgan fingerprint density at radius 1 is 1.26 bits per heavy atom. The third-order valence-electron chi connectivity index (χ3n) is 2.13. The van der Waals surface area contributed by atoms with Crippen LogP contribution in [0.25, 0.3) is 5.69 Å². The van der Waals surface area contributed by atoms with Crippen LogP contribution in [0.5, 0.6) is 5.75 Å². The van der Waals surface area contributed by atoms with Crippen molar-refractivity contribution in [1.29, 1.82) is 0 Å². The van der Waals surface area contributed by atoms with E-state index in [1.165, 1.54) is 24.5 Å². The molecule has 2 aromatic rings. The Morgan fingerprint density at radius 2 is 1.89 bits per heavy atom. The molecule has 0 atom stereocenters. The summed E-state index contributed by atoms with van der Waals surface area (Å²) in [6, 6.07) is 4.64. The molecule has 0 aliphatic rings. The van der Waals surface area contributed by atoms with Crippen molar-refractivity contribution in [2.45, 2.75) is 6.36 Å². The molecule has 0 N–H and O–H groups in total. The number of imidazole rings is 1. The lowest BCUT2D eigenvalue weighted by Crippen LogP contribution is -2.17. The summed E-state index contributed by atoms with van der Waals surface area (Å²) in [6.07, 6.45) is -2.22. The van der Waals surface area contributed by atoms with Crippen molar-refractivity contribution in [1.82, 2.24) is 9.55 Å². The second-order valence-corrected chi connectivity index (χ2v) is 3.40. The Morgan fingerprint density at radius 3 is 2.42 bits per heavy atom. The van der Waals surface area contributed by atoms with Gasteiger partial charge in [-0.25, -0.2) is 0 Å². The number of aromatic nitrogens is 2. The van der Waals surface area contributed by atoms with Gasteiger partial charge in [0.2, 0.25) is 0 Å². The van der Waals surface area contributed by atoms with Gasteiger partial charge in [0, 0.05) is 0 Å². The van der Waals surface area contributed by atoms with Gasteiger partial charge in [-0.3, -0.25) is 0 Å². The number of hydrogen-bond acceptors (Lipinski definition) is 4. The molecular formula is C10H6F3N3O3. The minimum Gasteiger partial charge on any atom is -0.406 e. The summed E-state index contributed by atoms with van der Waals surface area (Å²) in [5.74, 6) is -0.830. The molecule has 6 nitrogen and oxygen atoms in total. The van der Waals surface area contributed by atoms with E-state index in [2.05, 4.69) is 9.72 Å². The SMILES string of the molecule is O=[N+]([O-])c1nccn1-c1ccc(OC(F)(F)F)cc1. The lowest BCUT2D eigenvalue weighted by molar-refractivity contribution is -0.395. The number of halogens is 3. The average Bonchev–Trinajstić information content (AvgIpc) is 2.76. The topological polar surface area (TPSA) is 70.2 Å². The molecule has 1 aromatic heterocycles. The number of hydrogen-bond donors (Lipinski definition) is 0. The van der Waals surface area contributed by atoms with Gasteiger partial charge < -0.3 is 14.9 Å². The van der Waals surface area contributed by atoms with Crippen molar-refractivity contribution in [3.8, 4) is 11.4 Å². The predicted octanol–water partition coefficient (Wildman–Crippen LogP) is 2.68. The number of benzene rings is 1. The van der Waals surface area contributed by atoms with Crippen molar-refractivity contribution < 1.29 is 22.8 Å². The number of nitro groups is 1. The highest BCUT2D eigenvalue weighted by Crippen LogP contribution is 2.24. The third-order valence-corrected chi connectivity index (χ3v) is 2.13. The molecular weight excluding hydrogens is 267 g/mol. The van der Waals surface area contributed by atoms with Crippen LogP contribution < -0.4 is 4.74 Å². The number of rotatable bonds is 3. The van der Waals surface area contributed by atoms with Gasteiger partial charge in [-0.1, -0.05) is 4.98 Å². The Bertz CT molecular complexity index is 592. The first-order chi connectivity index (χ1) is 8.87. The number of nitrogens with zero attached hydrogens (tertiary/aromatic N) is 3. The van der Waals surface area contributed by atoms with Gasteiger partial charge in [0.05, 0.1) is 0 Å². The molecule has 9 heteroatoms. The van der Waals surface area contributed by atoms with Crippen LogP contribution in [0.15, 0.2) is 36.7 Å². The molecule has 0 radical (unpaired) electrons. The third kappa shape index (κ3) is 3.00. The summed E-state index contributed by atoms with van der Waals surface area (Å²) in [5.41, 5.74) is 0.304. The van der Waals surface area contributed by atoms with Gasteiger partial charge in [-0.2, -0.15) is 4.57 Å². The minimum atomic E-state index is -4.78. The van der Waals surface area contributed by atoms with E-state index in [1.807, 2.05) is 0 Å². The zero-order valence-electron chi connectivity index (χ0n) is 9.16. The van der Waals surface area contributed by atoms with Crippen LogP contribution in [0.4, 0.5) is 19.1 Å². The highest BCUT2D eigenvalue weighted by molar-refractivity contribution is 5.40. The van der Waals surface area contributed by atoms with Crippen molar-refractivity contribution in [3.05, 3.63) is 46.8 Å². The lowest BCUT2D eigenvalue weighted by atomic mass is 10.3. The van der Waals surface area contributed by atoms with E-state index in [9.17, 15) is 23.3 Å². The molecule has 1 aromatic carbocycles. The fourth-order valence-corrected chi connectivity index (χ4v) is 1.44. The van der Waals surface area contributed by atoms with Crippen molar-refractivity contribution in [2.24, 2.45) is 0 Å². The van der Waals surface area contributed by atoms with E-state index in [1.54, 1.807) is 0 Å². The van der Waals surface area contributed by atoms with Gasteiger partial charge in [0.15, 0.2) is 0 Å². The van der Waals surface area contributed by atoms with Crippen LogP contribution in [-0.2, 0) is 0 Å². The molecule has 100 valence electrons. The van der Waals surface area contributed by atoms with Crippen LogP contribution in [0.2, 0.25) is 0 Å². The van der Waals surface area contributed by atoms with E-state index in [0.29, 0.717) is 5.69 Å². The van der Waals surface area contributed by atoms with Crippen LogP contribution in [-0.4, -0.2) is 20.8 Å². The summed E-state index contributed by atoms with van der Waals surface area (Å²) < 4.78 is 40.7. The van der Waals surface area contributed by atoms with E-state index >= 15 is 0 Å². The smallest absolute Gasteiger partial charge is 0.406 e. The Balaban J connectivity index is 2.28. The normalized spacial score (nSPS) is 11.3. The number of ether oxygens (including phenoxy) is 1. The molecule has 0 aliphatic carbocycles. The summed E-state index contributed by atoms with van der Waals surface area (Å²) >= 11 is 0. The molecule has 0 fully saturated rings. The van der Waals surface area contributed by atoms with E-state index in [-0.39, 0.29) is 0 Å². The second kappa shape index (κ2) is 4.59. The van der Waals surface area contributed by atoms with E-state index < -0.39 is 23.0 Å². The monoisotopic (exact) mass is 273 g/mol. The van der Waals surface area contributed by atoms with E-state index in [0.717, 1.165) is 16.7 Å². The Hall–Kier alpha value is -2.58. The Labute approximate surface area is 104 Å². The van der Waals surface area contributed by atoms with Crippen molar-refractivity contribution in [2.75, 3.05) is 0 Å². The van der Waals surface area contributed by atoms with Crippen LogP contribution in [0, 0.1) is 10.1 Å². The zero-order valence-corrected chi connectivity index (χ0v) is 9.16. The maximum atomic E-state index is 12.0. The van der Waals surface area contributed by atoms with Gasteiger partial charge in [0.1, 0.15) is 23.8 Å². The molecule has 2 rings (SSSR count). The van der Waals surface area contributed by atoms with Crippen LogP contribution in [0.1, 0.15) is 0 Å². The second-order valence-electron chi connectivity index (χ2n) is 3.40. The first-order valence-electron chi connectivity index (χ1n) is 4.91. The zero-order chi connectivity index (χ0) is 14.0. The molecule has 0 saturated carbocycles. The fraction of sp³-hybridized carbons (Fsp3) is 0.100. The van der Waals surface area contributed by atoms with E-state index in [4.69, 9.17) is 0 Å². The van der Waals surface area contributed by atoms with Crippen molar-refractivity contribution in [3.63, 3.8) is 0 Å². The summed E-state index contributed by atoms with van der Waals surface area (Å²) in [7, 11) is 0. The highest BCUT2D eigenvalue weighted by Gasteiger charge is 2.31.